The molecule has 2 aromatic carbocycles. The highest BCUT2D eigenvalue weighted by Gasteiger charge is 2.33. The Morgan fingerprint density at radius 3 is 2.33 bits per heavy atom. The van der Waals surface area contributed by atoms with Crippen LogP contribution in [0.2, 0.25) is 0 Å². The summed E-state index contributed by atoms with van der Waals surface area (Å²) in [5, 5.41) is 2.99. The molecule has 0 radical (unpaired) electrons. The number of carbonyl (C=O) groups is 1. The Hall–Kier alpha value is -2.26. The molecule has 178 valence electrons. The number of nitrogens with zero attached hydrogens (tertiary/aromatic N) is 2. The molecule has 3 atom stereocenters. The molecule has 0 bridgehead atoms. The second kappa shape index (κ2) is 10.3. The van der Waals surface area contributed by atoms with Crippen LogP contribution in [0.1, 0.15) is 31.9 Å². The third-order valence-electron chi connectivity index (χ3n) is 6.34. The van der Waals surface area contributed by atoms with Crippen LogP contribution in [0.15, 0.2) is 59.5 Å². The summed E-state index contributed by atoms with van der Waals surface area (Å²) in [5.41, 5.74) is 1.42. The molecule has 2 saturated heterocycles. The van der Waals surface area contributed by atoms with Crippen molar-refractivity contribution in [1.29, 1.82) is 0 Å². The van der Waals surface area contributed by atoms with Gasteiger partial charge in [0.15, 0.2) is 0 Å². The third kappa shape index (κ3) is 5.63. The van der Waals surface area contributed by atoms with Crippen molar-refractivity contribution in [2.24, 2.45) is 11.8 Å². The van der Waals surface area contributed by atoms with Crippen molar-refractivity contribution in [3.8, 4) is 0 Å². The molecule has 0 aliphatic carbocycles. The Labute approximate surface area is 196 Å². The number of morpholine rings is 1. The summed E-state index contributed by atoms with van der Waals surface area (Å²) in [4.78, 5) is 16.0. The minimum atomic E-state index is -3.64. The maximum absolute atomic E-state index is 13.6. The molecule has 0 saturated carbocycles. The fourth-order valence-electron chi connectivity index (χ4n) is 4.97. The second-order valence-corrected chi connectivity index (χ2v) is 11.2. The van der Waals surface area contributed by atoms with E-state index in [1.54, 1.807) is 24.3 Å². The minimum Gasteiger partial charge on any atom is -0.379 e. The fourth-order valence-corrected chi connectivity index (χ4v) is 6.42. The van der Waals surface area contributed by atoms with E-state index in [1.807, 2.05) is 30.3 Å². The van der Waals surface area contributed by atoms with Crippen molar-refractivity contribution in [3.63, 3.8) is 0 Å². The number of benzene rings is 2. The zero-order valence-corrected chi connectivity index (χ0v) is 20.1. The van der Waals surface area contributed by atoms with E-state index in [0.717, 1.165) is 25.1 Å². The lowest BCUT2D eigenvalue weighted by atomic mass is 9.89. The lowest BCUT2D eigenvalue weighted by molar-refractivity contribution is -0.122. The number of likely N-dealkylation sites (tertiary alicyclic amines) is 1. The van der Waals surface area contributed by atoms with Crippen LogP contribution in [0.5, 0.6) is 0 Å². The van der Waals surface area contributed by atoms with Crippen LogP contribution >= 0.6 is 0 Å². The van der Waals surface area contributed by atoms with Crippen LogP contribution in [0.25, 0.3) is 0 Å². The Bertz CT molecular complexity index is 1040. The standard InChI is InChI=1S/C25H33N3O4S/c1-19-15-20(2)18-27(17-19)24(21-7-4-3-5-8-21)25(29)26-22-9-6-10-23(16-22)33(30,31)28-11-13-32-14-12-28/h3-10,16,19-20,24H,11-15,17-18H2,1-2H3,(H,26,29)/t19-,20+,24-/m1/s1. The summed E-state index contributed by atoms with van der Waals surface area (Å²) in [6.45, 7) is 7.60. The van der Waals surface area contributed by atoms with E-state index >= 15 is 0 Å². The molecule has 2 fully saturated rings. The van der Waals surface area contributed by atoms with E-state index in [1.165, 1.54) is 4.31 Å². The molecule has 2 aromatic rings. The van der Waals surface area contributed by atoms with E-state index in [2.05, 4.69) is 24.1 Å². The molecule has 0 aromatic heterocycles. The van der Waals surface area contributed by atoms with Crippen molar-refractivity contribution < 1.29 is 17.9 Å². The number of ether oxygens (including phenoxy) is 1. The van der Waals surface area contributed by atoms with Crippen LogP contribution in [-0.2, 0) is 19.6 Å². The summed E-state index contributed by atoms with van der Waals surface area (Å²) in [5.74, 6) is 0.868. The number of hydrogen-bond donors (Lipinski definition) is 1. The van der Waals surface area contributed by atoms with Gasteiger partial charge in [-0.05, 0) is 42.0 Å². The summed E-state index contributed by atoms with van der Waals surface area (Å²) in [6, 6.07) is 15.9. The molecule has 2 aliphatic heterocycles. The zero-order valence-electron chi connectivity index (χ0n) is 19.3. The molecule has 2 aliphatic rings. The maximum Gasteiger partial charge on any atom is 0.246 e. The number of piperidine rings is 1. The van der Waals surface area contributed by atoms with Gasteiger partial charge in [-0.15, -0.1) is 0 Å². The quantitative estimate of drug-likeness (QED) is 0.699. The van der Waals surface area contributed by atoms with Crippen LogP contribution in [0.4, 0.5) is 5.69 Å². The first-order chi connectivity index (χ1) is 15.8. The van der Waals surface area contributed by atoms with Crippen LogP contribution in [0.3, 0.4) is 0 Å². The normalized spacial score (nSPS) is 23.7. The van der Waals surface area contributed by atoms with E-state index < -0.39 is 16.1 Å². The Morgan fingerprint density at radius 2 is 1.67 bits per heavy atom. The zero-order chi connectivity index (χ0) is 23.4. The van der Waals surface area contributed by atoms with Gasteiger partial charge in [0, 0.05) is 31.9 Å². The summed E-state index contributed by atoms with van der Waals surface area (Å²) < 4.78 is 32.8. The molecule has 33 heavy (non-hydrogen) atoms. The Kier molecular flexibility index (Phi) is 7.48. The van der Waals surface area contributed by atoms with Crippen LogP contribution < -0.4 is 5.32 Å². The van der Waals surface area contributed by atoms with Gasteiger partial charge < -0.3 is 10.1 Å². The van der Waals surface area contributed by atoms with Gasteiger partial charge in [-0.25, -0.2) is 8.42 Å². The summed E-state index contributed by atoms with van der Waals surface area (Å²) in [7, 11) is -3.64. The van der Waals surface area contributed by atoms with Crippen molar-refractivity contribution in [2.45, 2.75) is 31.2 Å². The molecule has 1 N–H and O–H groups in total. The van der Waals surface area contributed by atoms with Gasteiger partial charge in [-0.2, -0.15) is 4.31 Å². The molecular formula is C25H33N3O4S. The Morgan fingerprint density at radius 1 is 1.00 bits per heavy atom. The predicted octanol–water partition coefficient (Wildman–Crippen LogP) is 3.37. The first-order valence-electron chi connectivity index (χ1n) is 11.6. The topological polar surface area (TPSA) is 79.0 Å². The van der Waals surface area contributed by atoms with Gasteiger partial charge in [0.05, 0.1) is 18.1 Å². The lowest BCUT2D eigenvalue weighted by Crippen LogP contribution is -2.45. The highest BCUT2D eigenvalue weighted by atomic mass is 32.2. The van der Waals surface area contributed by atoms with E-state index in [0.29, 0.717) is 43.8 Å². The molecular weight excluding hydrogens is 438 g/mol. The number of amides is 1. The van der Waals surface area contributed by atoms with Crippen molar-refractivity contribution >= 4 is 21.6 Å². The van der Waals surface area contributed by atoms with E-state index in [9.17, 15) is 13.2 Å². The number of rotatable bonds is 6. The van der Waals surface area contributed by atoms with E-state index in [4.69, 9.17) is 4.74 Å². The molecule has 0 unspecified atom stereocenters. The SMILES string of the molecule is C[C@@H]1C[C@H](C)CN([C@@H](C(=O)Nc2cccc(S(=O)(=O)N3CCOCC3)c2)c2ccccc2)C1. The van der Waals surface area contributed by atoms with Gasteiger partial charge >= 0.3 is 0 Å². The van der Waals surface area contributed by atoms with Crippen molar-refractivity contribution in [2.75, 3.05) is 44.7 Å². The highest BCUT2D eigenvalue weighted by molar-refractivity contribution is 7.89. The summed E-state index contributed by atoms with van der Waals surface area (Å²) in [6.07, 6.45) is 1.15. The van der Waals surface area contributed by atoms with Crippen molar-refractivity contribution in [3.05, 3.63) is 60.2 Å². The van der Waals surface area contributed by atoms with Gasteiger partial charge in [0.1, 0.15) is 6.04 Å². The average Bonchev–Trinajstić information content (AvgIpc) is 2.80. The van der Waals surface area contributed by atoms with Gasteiger partial charge in [-0.3, -0.25) is 9.69 Å². The highest BCUT2D eigenvalue weighted by Crippen LogP contribution is 2.31. The number of sulfonamides is 1. The molecule has 4 rings (SSSR count). The largest absolute Gasteiger partial charge is 0.379 e. The fraction of sp³-hybridized carbons (Fsp3) is 0.480. The van der Waals surface area contributed by atoms with Crippen LogP contribution in [0, 0.1) is 11.8 Å². The first kappa shape index (κ1) is 23.9. The molecule has 1 amide bonds. The Balaban J connectivity index is 1.58. The molecule has 0 spiro atoms. The van der Waals surface area contributed by atoms with Crippen molar-refractivity contribution in [1.82, 2.24) is 9.21 Å². The van der Waals surface area contributed by atoms with Gasteiger partial charge in [0.2, 0.25) is 15.9 Å². The number of hydrogen-bond acceptors (Lipinski definition) is 5. The van der Waals surface area contributed by atoms with Gasteiger partial charge in [0.25, 0.3) is 0 Å². The molecule has 8 heteroatoms. The number of carbonyl (C=O) groups excluding carboxylic acids is 1. The average molecular weight is 472 g/mol. The number of nitrogens with one attached hydrogen (secondary N) is 1. The van der Waals surface area contributed by atoms with E-state index in [-0.39, 0.29) is 10.8 Å². The second-order valence-electron chi connectivity index (χ2n) is 9.25. The predicted molar refractivity (Wildman–Crippen MR) is 128 cm³/mol. The number of anilines is 1. The minimum absolute atomic E-state index is 0.150. The summed E-state index contributed by atoms with van der Waals surface area (Å²) >= 11 is 0. The molecule has 2 heterocycles. The first-order valence-corrected chi connectivity index (χ1v) is 13.1. The van der Waals surface area contributed by atoms with Crippen LogP contribution in [-0.4, -0.2) is 62.9 Å². The lowest BCUT2D eigenvalue weighted by Gasteiger charge is -2.39. The van der Waals surface area contributed by atoms with Gasteiger partial charge in [-0.1, -0.05) is 50.2 Å². The third-order valence-corrected chi connectivity index (χ3v) is 8.23. The maximum atomic E-state index is 13.6. The monoisotopic (exact) mass is 471 g/mol. The smallest absolute Gasteiger partial charge is 0.246 e. The molecule has 7 nitrogen and oxygen atoms in total.